The van der Waals surface area contributed by atoms with E-state index >= 15 is 0 Å². The van der Waals surface area contributed by atoms with Crippen molar-refractivity contribution in [1.82, 2.24) is 4.98 Å². The third kappa shape index (κ3) is 2.37. The lowest BCUT2D eigenvalue weighted by molar-refractivity contribution is 0.930. The Hall–Kier alpha value is -0.900. The second kappa shape index (κ2) is 4.77. The number of fused-ring (bicyclic) bond motifs is 1. The molecule has 1 nitrogen and oxygen atoms in total. The quantitative estimate of drug-likeness (QED) is 0.623. The van der Waals surface area contributed by atoms with Gasteiger partial charge in [0.15, 0.2) is 0 Å². The molecule has 17 heavy (non-hydrogen) atoms. The van der Waals surface area contributed by atoms with E-state index < -0.39 is 0 Å². The van der Waals surface area contributed by atoms with E-state index in [1.807, 2.05) is 24.3 Å². The van der Waals surface area contributed by atoms with Crippen molar-refractivity contribution in [3.8, 4) is 0 Å². The number of nitrogens with zero attached hydrogens (tertiary/aromatic N) is 1. The Morgan fingerprint density at radius 3 is 2.82 bits per heavy atom. The Bertz CT molecular complexity index is 582. The predicted octanol–water partition coefficient (Wildman–Crippen LogP) is 4.88. The molecule has 0 saturated heterocycles. The minimum absolute atomic E-state index is 0.0376. The first-order valence-corrected chi connectivity index (χ1v) is 7.48. The molecule has 3 rings (SSSR count). The van der Waals surface area contributed by atoms with E-state index in [9.17, 15) is 0 Å². The number of aromatic nitrogens is 1. The number of benzene rings is 1. The van der Waals surface area contributed by atoms with Crippen molar-refractivity contribution in [2.75, 3.05) is 0 Å². The summed E-state index contributed by atoms with van der Waals surface area (Å²) in [6.07, 6.45) is 0.807. The molecule has 0 aliphatic heterocycles. The van der Waals surface area contributed by atoms with Crippen LogP contribution in [0.1, 0.15) is 15.3 Å². The molecule has 0 radical (unpaired) electrons. The monoisotopic (exact) mass is 279 g/mol. The maximum absolute atomic E-state index is 6.39. The lowest BCUT2D eigenvalue weighted by Crippen LogP contribution is -1.92. The minimum Gasteiger partial charge on any atom is -0.241 e. The molecule has 1 unspecified atom stereocenters. The number of rotatable bonds is 3. The molecular weight excluding hydrogens is 270 g/mol. The highest BCUT2D eigenvalue weighted by Crippen LogP contribution is 2.31. The Kier molecular flexibility index (Phi) is 3.14. The molecule has 2 aromatic heterocycles. The fraction of sp³-hybridized carbons (Fsp3) is 0.154. The van der Waals surface area contributed by atoms with Crippen molar-refractivity contribution in [3.63, 3.8) is 0 Å². The molecule has 3 aromatic rings. The molecule has 0 saturated carbocycles. The standard InChI is InChI=1S/C13H10ClNS2/c14-9(11-6-3-7-16-11)8-13-15-10-4-1-2-5-12(10)17-13/h1-7,9H,8H2. The third-order valence-electron chi connectivity index (χ3n) is 2.54. The van der Waals surface area contributed by atoms with Crippen LogP contribution in [-0.4, -0.2) is 4.98 Å². The second-order valence-corrected chi connectivity index (χ2v) is 6.38. The Balaban J connectivity index is 1.85. The van der Waals surface area contributed by atoms with Crippen LogP contribution in [0.4, 0.5) is 0 Å². The molecule has 4 heteroatoms. The van der Waals surface area contributed by atoms with Gasteiger partial charge in [0.05, 0.1) is 20.6 Å². The van der Waals surface area contributed by atoms with Crippen LogP contribution in [0.2, 0.25) is 0 Å². The summed E-state index contributed by atoms with van der Waals surface area (Å²) in [6, 6.07) is 12.3. The minimum atomic E-state index is 0.0376. The van der Waals surface area contributed by atoms with Gasteiger partial charge in [-0.1, -0.05) is 18.2 Å². The molecule has 0 spiro atoms. The fourth-order valence-electron chi connectivity index (χ4n) is 1.73. The molecule has 1 atom stereocenters. The number of halogens is 1. The first-order chi connectivity index (χ1) is 8.33. The van der Waals surface area contributed by atoms with Crippen molar-refractivity contribution in [3.05, 3.63) is 51.7 Å². The summed E-state index contributed by atoms with van der Waals surface area (Å²) < 4.78 is 1.23. The first kappa shape index (κ1) is 11.2. The lowest BCUT2D eigenvalue weighted by Gasteiger charge is -2.03. The summed E-state index contributed by atoms with van der Waals surface area (Å²) in [5, 5.41) is 3.21. The molecule has 0 bridgehead atoms. The van der Waals surface area contributed by atoms with Gasteiger partial charge in [-0.2, -0.15) is 0 Å². The van der Waals surface area contributed by atoms with Gasteiger partial charge >= 0.3 is 0 Å². The maximum atomic E-state index is 6.39. The summed E-state index contributed by atoms with van der Waals surface area (Å²) >= 11 is 9.82. The van der Waals surface area contributed by atoms with Crippen LogP contribution < -0.4 is 0 Å². The van der Waals surface area contributed by atoms with E-state index in [2.05, 4.69) is 22.5 Å². The van der Waals surface area contributed by atoms with Gasteiger partial charge in [-0.3, -0.25) is 0 Å². The number of thiophene rings is 1. The number of para-hydroxylation sites is 1. The Labute approximate surface area is 113 Å². The smallest absolute Gasteiger partial charge is 0.0957 e. The van der Waals surface area contributed by atoms with Gasteiger partial charge in [0.1, 0.15) is 0 Å². The van der Waals surface area contributed by atoms with Gasteiger partial charge < -0.3 is 0 Å². The normalized spacial score (nSPS) is 13.0. The van der Waals surface area contributed by atoms with Crippen LogP contribution in [0.25, 0.3) is 10.2 Å². The topological polar surface area (TPSA) is 12.9 Å². The SMILES string of the molecule is ClC(Cc1nc2ccccc2s1)c1cccs1. The zero-order valence-electron chi connectivity index (χ0n) is 8.97. The molecule has 0 amide bonds. The van der Waals surface area contributed by atoms with E-state index in [0.29, 0.717) is 0 Å². The van der Waals surface area contributed by atoms with Gasteiger partial charge in [-0.05, 0) is 23.6 Å². The fourth-order valence-corrected chi connectivity index (χ4v) is 3.91. The molecule has 1 aromatic carbocycles. The van der Waals surface area contributed by atoms with Crippen LogP contribution >= 0.6 is 34.3 Å². The maximum Gasteiger partial charge on any atom is 0.0957 e. The van der Waals surface area contributed by atoms with Gasteiger partial charge in [-0.15, -0.1) is 34.3 Å². The van der Waals surface area contributed by atoms with Crippen LogP contribution in [0.15, 0.2) is 41.8 Å². The largest absolute Gasteiger partial charge is 0.241 e. The van der Waals surface area contributed by atoms with Crippen LogP contribution in [0.3, 0.4) is 0 Å². The van der Waals surface area contributed by atoms with Gasteiger partial charge in [-0.25, -0.2) is 4.98 Å². The highest BCUT2D eigenvalue weighted by Gasteiger charge is 2.12. The van der Waals surface area contributed by atoms with E-state index in [0.717, 1.165) is 16.9 Å². The average molecular weight is 280 g/mol. The van der Waals surface area contributed by atoms with E-state index in [1.165, 1.54) is 9.58 Å². The summed E-state index contributed by atoms with van der Waals surface area (Å²) in [6.45, 7) is 0. The van der Waals surface area contributed by atoms with Crippen molar-refractivity contribution in [1.29, 1.82) is 0 Å². The highest BCUT2D eigenvalue weighted by atomic mass is 35.5. The van der Waals surface area contributed by atoms with E-state index in [-0.39, 0.29) is 5.38 Å². The van der Waals surface area contributed by atoms with Crippen molar-refractivity contribution in [2.24, 2.45) is 0 Å². The molecule has 0 aliphatic rings. The Morgan fingerprint density at radius 2 is 2.06 bits per heavy atom. The second-order valence-electron chi connectivity index (χ2n) is 3.76. The summed E-state index contributed by atoms with van der Waals surface area (Å²) in [5.41, 5.74) is 1.07. The van der Waals surface area contributed by atoms with Crippen molar-refractivity contribution >= 4 is 44.5 Å². The van der Waals surface area contributed by atoms with Gasteiger partial charge in [0, 0.05) is 11.3 Å². The zero-order valence-corrected chi connectivity index (χ0v) is 11.4. The van der Waals surface area contributed by atoms with Crippen LogP contribution in [0, 0.1) is 0 Å². The van der Waals surface area contributed by atoms with Crippen LogP contribution in [-0.2, 0) is 6.42 Å². The van der Waals surface area contributed by atoms with Crippen molar-refractivity contribution in [2.45, 2.75) is 11.8 Å². The predicted molar refractivity (Wildman–Crippen MR) is 76.2 cm³/mol. The molecule has 0 N–H and O–H groups in total. The molecule has 0 aliphatic carbocycles. The zero-order chi connectivity index (χ0) is 11.7. The van der Waals surface area contributed by atoms with E-state index in [4.69, 9.17) is 11.6 Å². The lowest BCUT2D eigenvalue weighted by atomic mass is 10.2. The molecule has 2 heterocycles. The molecule has 86 valence electrons. The first-order valence-electron chi connectivity index (χ1n) is 5.35. The van der Waals surface area contributed by atoms with Gasteiger partial charge in [0.25, 0.3) is 0 Å². The number of alkyl halides is 1. The Morgan fingerprint density at radius 1 is 1.18 bits per heavy atom. The molecular formula is C13H10ClNS2. The number of hydrogen-bond acceptors (Lipinski definition) is 3. The summed E-state index contributed by atoms with van der Waals surface area (Å²) in [7, 11) is 0. The molecule has 0 fully saturated rings. The third-order valence-corrected chi connectivity index (χ3v) is 5.11. The number of thiazole rings is 1. The average Bonchev–Trinajstić information content (AvgIpc) is 2.97. The van der Waals surface area contributed by atoms with E-state index in [1.54, 1.807) is 22.7 Å². The van der Waals surface area contributed by atoms with Crippen molar-refractivity contribution < 1.29 is 0 Å². The highest BCUT2D eigenvalue weighted by molar-refractivity contribution is 7.18. The van der Waals surface area contributed by atoms with Crippen LogP contribution in [0.5, 0.6) is 0 Å². The summed E-state index contributed by atoms with van der Waals surface area (Å²) in [5.74, 6) is 0. The number of hydrogen-bond donors (Lipinski definition) is 0. The summed E-state index contributed by atoms with van der Waals surface area (Å²) in [4.78, 5) is 5.82. The van der Waals surface area contributed by atoms with Gasteiger partial charge in [0.2, 0.25) is 0 Å².